The number of hydrogen-bond donors (Lipinski definition) is 0. The first-order chi connectivity index (χ1) is 8.41. The fourth-order valence-corrected chi connectivity index (χ4v) is 2.44. The van der Waals surface area contributed by atoms with E-state index in [1.54, 1.807) is 0 Å². The van der Waals surface area contributed by atoms with Crippen LogP contribution in [0.25, 0.3) is 0 Å². The molecule has 0 aromatic heterocycles. The molecule has 0 heteroatoms. The fourth-order valence-electron chi connectivity index (χ4n) is 2.44. The molecule has 1 saturated carbocycles. The summed E-state index contributed by atoms with van der Waals surface area (Å²) in [6.07, 6.45) is 22.0. The van der Waals surface area contributed by atoms with Crippen LogP contribution in [0.3, 0.4) is 0 Å². The summed E-state index contributed by atoms with van der Waals surface area (Å²) in [7, 11) is 0. The van der Waals surface area contributed by atoms with Gasteiger partial charge < -0.3 is 0 Å². The smallest absolute Gasteiger partial charge is 0.0533 e. The quantitative estimate of drug-likeness (QED) is 0.336. The molecule has 0 N–H and O–H groups in total. The summed E-state index contributed by atoms with van der Waals surface area (Å²) in [5.41, 5.74) is 0. The maximum absolute atomic E-state index is 2.27. The third-order valence-electron chi connectivity index (χ3n) is 3.71. The molecule has 1 aliphatic rings. The Bertz CT molecular complexity index is 89.6. The SMILES string of the molecule is C1CCCCCC1.CCCCCCCCCC. The van der Waals surface area contributed by atoms with Crippen LogP contribution < -0.4 is 0 Å². The van der Waals surface area contributed by atoms with Gasteiger partial charge in [-0.3, -0.25) is 0 Å². The Morgan fingerprint density at radius 2 is 0.647 bits per heavy atom. The van der Waals surface area contributed by atoms with E-state index in [0.29, 0.717) is 0 Å². The second-order valence-electron chi connectivity index (χ2n) is 5.60. The molecule has 0 aliphatic heterocycles. The molecule has 0 spiro atoms. The minimum Gasteiger partial charge on any atom is -0.0654 e. The lowest BCUT2D eigenvalue weighted by atomic mass is 10.1. The van der Waals surface area contributed by atoms with Gasteiger partial charge >= 0.3 is 0 Å². The van der Waals surface area contributed by atoms with E-state index in [2.05, 4.69) is 13.8 Å². The lowest BCUT2D eigenvalue weighted by molar-refractivity contribution is 0.585. The van der Waals surface area contributed by atoms with E-state index in [1.807, 2.05) is 0 Å². The highest BCUT2D eigenvalue weighted by Crippen LogP contribution is 2.15. The minimum absolute atomic E-state index is 1.37. The Kier molecular flexibility index (Phi) is 16.0. The van der Waals surface area contributed by atoms with Gasteiger partial charge in [-0.2, -0.15) is 0 Å². The third-order valence-corrected chi connectivity index (χ3v) is 3.71. The van der Waals surface area contributed by atoms with Gasteiger partial charge in [-0.15, -0.1) is 0 Å². The average molecular weight is 240 g/mol. The van der Waals surface area contributed by atoms with E-state index in [0.717, 1.165) is 0 Å². The van der Waals surface area contributed by atoms with Crippen LogP contribution in [0.5, 0.6) is 0 Å². The van der Waals surface area contributed by atoms with Gasteiger partial charge in [0.25, 0.3) is 0 Å². The van der Waals surface area contributed by atoms with Crippen molar-refractivity contribution in [2.24, 2.45) is 0 Å². The van der Waals surface area contributed by atoms with Gasteiger partial charge in [-0.05, 0) is 0 Å². The maximum atomic E-state index is 2.27. The first-order valence-electron chi connectivity index (χ1n) is 8.41. The van der Waals surface area contributed by atoms with Crippen molar-refractivity contribution in [1.29, 1.82) is 0 Å². The number of unbranched alkanes of at least 4 members (excludes halogenated alkanes) is 7. The normalized spacial score (nSPS) is 15.9. The van der Waals surface area contributed by atoms with Gasteiger partial charge in [-0.1, -0.05) is 110 Å². The van der Waals surface area contributed by atoms with Crippen LogP contribution in [0.2, 0.25) is 0 Å². The Labute approximate surface area is 111 Å². The minimum atomic E-state index is 1.37. The largest absolute Gasteiger partial charge is 0.0654 e. The Balaban J connectivity index is 0.000000318. The van der Waals surface area contributed by atoms with Gasteiger partial charge in [0.2, 0.25) is 0 Å². The standard InChI is InChI=1S/C10H22.C7H14/c1-3-5-7-9-10-8-6-4-2;1-2-4-6-7-5-3-1/h3-10H2,1-2H3;1-7H2. The molecule has 1 aliphatic carbocycles. The molecule has 1 fully saturated rings. The van der Waals surface area contributed by atoms with Crippen molar-refractivity contribution in [2.75, 3.05) is 0 Å². The Morgan fingerprint density at radius 3 is 0.882 bits per heavy atom. The van der Waals surface area contributed by atoms with Crippen molar-refractivity contribution in [3.05, 3.63) is 0 Å². The average Bonchev–Trinajstić information content (AvgIpc) is 2.67. The summed E-state index contributed by atoms with van der Waals surface area (Å²) in [5, 5.41) is 0. The summed E-state index contributed by atoms with van der Waals surface area (Å²) < 4.78 is 0. The predicted molar refractivity (Wildman–Crippen MR) is 80.6 cm³/mol. The van der Waals surface area contributed by atoms with Crippen molar-refractivity contribution in [3.63, 3.8) is 0 Å². The fraction of sp³-hybridized carbons (Fsp3) is 1.00. The van der Waals surface area contributed by atoms with Crippen molar-refractivity contribution >= 4 is 0 Å². The van der Waals surface area contributed by atoms with Crippen molar-refractivity contribution < 1.29 is 0 Å². The van der Waals surface area contributed by atoms with Crippen LogP contribution in [0.1, 0.15) is 110 Å². The topological polar surface area (TPSA) is 0 Å². The van der Waals surface area contributed by atoms with Gasteiger partial charge in [0.1, 0.15) is 0 Å². The van der Waals surface area contributed by atoms with Gasteiger partial charge in [0, 0.05) is 0 Å². The van der Waals surface area contributed by atoms with Crippen LogP contribution in [-0.4, -0.2) is 0 Å². The first-order valence-corrected chi connectivity index (χ1v) is 8.41. The van der Waals surface area contributed by atoms with Crippen molar-refractivity contribution in [3.8, 4) is 0 Å². The number of rotatable bonds is 7. The van der Waals surface area contributed by atoms with Gasteiger partial charge in [0.15, 0.2) is 0 Å². The predicted octanol–water partition coefficient (Wildman–Crippen LogP) is 6.88. The molecule has 0 bridgehead atoms. The molecule has 1 rings (SSSR count). The summed E-state index contributed by atoms with van der Waals surface area (Å²) in [4.78, 5) is 0. The molecule has 0 aromatic carbocycles. The van der Waals surface area contributed by atoms with Crippen LogP contribution >= 0.6 is 0 Å². The van der Waals surface area contributed by atoms with Crippen molar-refractivity contribution in [2.45, 2.75) is 110 Å². The van der Waals surface area contributed by atoms with E-state index in [9.17, 15) is 0 Å². The van der Waals surface area contributed by atoms with E-state index < -0.39 is 0 Å². The monoisotopic (exact) mass is 240 g/mol. The molecule has 0 unspecified atom stereocenters. The van der Waals surface area contributed by atoms with Gasteiger partial charge in [-0.25, -0.2) is 0 Å². The second-order valence-corrected chi connectivity index (χ2v) is 5.60. The molecule has 0 amide bonds. The first kappa shape index (κ1) is 17.0. The zero-order chi connectivity index (χ0) is 12.6. The van der Waals surface area contributed by atoms with Crippen LogP contribution in [0.15, 0.2) is 0 Å². The molecule has 104 valence electrons. The molecule has 0 heterocycles. The highest BCUT2D eigenvalue weighted by molar-refractivity contribution is 4.51. The van der Waals surface area contributed by atoms with E-state index in [-0.39, 0.29) is 0 Å². The lowest BCUT2D eigenvalue weighted by Gasteiger charge is -1.97. The summed E-state index contributed by atoms with van der Waals surface area (Å²) in [6, 6.07) is 0. The molecule has 0 atom stereocenters. The van der Waals surface area contributed by atoms with Crippen LogP contribution in [0, 0.1) is 0 Å². The third kappa shape index (κ3) is 16.0. The lowest BCUT2D eigenvalue weighted by Crippen LogP contribution is -1.77. The maximum Gasteiger partial charge on any atom is -0.0533 e. The highest BCUT2D eigenvalue weighted by Gasteiger charge is 1.95. The zero-order valence-corrected chi connectivity index (χ0v) is 12.6. The van der Waals surface area contributed by atoms with E-state index in [1.165, 1.54) is 96.3 Å². The highest BCUT2D eigenvalue weighted by atomic mass is 14.0. The summed E-state index contributed by atoms with van der Waals surface area (Å²) >= 11 is 0. The molecular weight excluding hydrogens is 204 g/mol. The van der Waals surface area contributed by atoms with Crippen molar-refractivity contribution in [1.82, 2.24) is 0 Å². The zero-order valence-electron chi connectivity index (χ0n) is 12.6. The molecular formula is C17H36. The Morgan fingerprint density at radius 1 is 0.412 bits per heavy atom. The Hall–Kier alpha value is 0. The van der Waals surface area contributed by atoms with E-state index >= 15 is 0 Å². The molecule has 0 radical (unpaired) electrons. The number of hydrogen-bond acceptors (Lipinski definition) is 0. The molecule has 0 aromatic rings. The summed E-state index contributed by atoms with van der Waals surface area (Å²) in [6.45, 7) is 4.54. The molecule has 0 nitrogen and oxygen atoms in total. The van der Waals surface area contributed by atoms with E-state index in [4.69, 9.17) is 0 Å². The molecule has 17 heavy (non-hydrogen) atoms. The van der Waals surface area contributed by atoms with Crippen LogP contribution in [-0.2, 0) is 0 Å². The summed E-state index contributed by atoms with van der Waals surface area (Å²) in [5.74, 6) is 0. The second kappa shape index (κ2) is 16.0. The molecule has 0 saturated heterocycles. The van der Waals surface area contributed by atoms with Gasteiger partial charge in [0.05, 0.1) is 0 Å². The van der Waals surface area contributed by atoms with Crippen LogP contribution in [0.4, 0.5) is 0 Å².